The number of hydrogen-bond acceptors (Lipinski definition) is 3. The quantitative estimate of drug-likeness (QED) is 0.482. The first-order chi connectivity index (χ1) is 13.0. The van der Waals surface area contributed by atoms with Crippen LogP contribution in [0.3, 0.4) is 0 Å². The van der Waals surface area contributed by atoms with Crippen LogP contribution in [-0.4, -0.2) is 16.0 Å². The Morgan fingerprint density at radius 3 is 2.33 bits per heavy atom. The van der Waals surface area contributed by atoms with E-state index in [0.29, 0.717) is 17.4 Å². The van der Waals surface area contributed by atoms with E-state index in [1.807, 2.05) is 23.9 Å². The Morgan fingerprint density at radius 1 is 0.926 bits per heavy atom. The number of phenolic OH excluding ortho intramolecular Hbond substituents is 2. The Labute approximate surface area is 168 Å². The van der Waals surface area contributed by atoms with Crippen molar-refractivity contribution in [1.29, 1.82) is 0 Å². The van der Waals surface area contributed by atoms with E-state index >= 15 is 0 Å². The summed E-state index contributed by atoms with van der Waals surface area (Å²) in [5.74, 6) is 2.11. The molecule has 0 saturated carbocycles. The van der Waals surface area contributed by atoms with Crippen molar-refractivity contribution in [2.24, 2.45) is 0 Å². The summed E-state index contributed by atoms with van der Waals surface area (Å²) in [6, 6.07) is 13.6. The van der Waals surface area contributed by atoms with Gasteiger partial charge in [0, 0.05) is 16.1 Å². The molecule has 0 saturated heterocycles. The van der Waals surface area contributed by atoms with E-state index in [2.05, 4.69) is 32.0 Å². The minimum atomic E-state index is 0.0335. The maximum Gasteiger partial charge on any atom is 0.116 e. The van der Waals surface area contributed by atoms with Crippen molar-refractivity contribution in [1.82, 2.24) is 0 Å². The summed E-state index contributed by atoms with van der Waals surface area (Å²) in [6.07, 6.45) is 9.00. The summed E-state index contributed by atoms with van der Waals surface area (Å²) in [4.78, 5) is 1.22. The third-order valence-corrected chi connectivity index (χ3v) is 7.45. The third-order valence-electron chi connectivity index (χ3n) is 6.04. The van der Waals surface area contributed by atoms with Gasteiger partial charge in [-0.1, -0.05) is 70.6 Å². The second kappa shape index (κ2) is 9.05. The second-order valence-corrected chi connectivity index (χ2v) is 9.10. The summed E-state index contributed by atoms with van der Waals surface area (Å²) < 4.78 is 0. The van der Waals surface area contributed by atoms with Gasteiger partial charge < -0.3 is 10.2 Å². The second-order valence-electron chi connectivity index (χ2n) is 8.08. The van der Waals surface area contributed by atoms with E-state index in [9.17, 15) is 10.2 Å². The number of benzene rings is 2. The molecular weight excluding hydrogens is 352 g/mol. The number of hydrogen-bond donors (Lipinski definition) is 2. The molecule has 0 spiro atoms. The highest BCUT2D eigenvalue weighted by Crippen LogP contribution is 2.52. The van der Waals surface area contributed by atoms with Crippen molar-refractivity contribution in [3.8, 4) is 11.5 Å². The molecule has 3 rings (SSSR count). The lowest BCUT2D eigenvalue weighted by molar-refractivity contribution is 0.371. The number of rotatable bonds is 8. The molecule has 146 valence electrons. The highest BCUT2D eigenvalue weighted by Gasteiger charge is 2.41. The molecule has 1 aliphatic heterocycles. The predicted octanol–water partition coefficient (Wildman–Crippen LogP) is 7.00. The average molecular weight is 385 g/mol. The van der Waals surface area contributed by atoms with E-state index < -0.39 is 0 Å². The molecule has 2 aromatic rings. The van der Waals surface area contributed by atoms with Gasteiger partial charge in [0.15, 0.2) is 0 Å². The predicted molar refractivity (Wildman–Crippen MR) is 115 cm³/mol. The zero-order valence-corrected chi connectivity index (χ0v) is 17.4. The maximum atomic E-state index is 9.91. The zero-order chi connectivity index (χ0) is 19.3. The van der Waals surface area contributed by atoms with Gasteiger partial charge in [-0.2, -0.15) is 0 Å². The van der Waals surface area contributed by atoms with Gasteiger partial charge >= 0.3 is 0 Å². The van der Waals surface area contributed by atoms with Gasteiger partial charge in [0.05, 0.1) is 0 Å². The lowest BCUT2D eigenvalue weighted by Gasteiger charge is -2.43. The Hall–Kier alpha value is -1.61. The minimum Gasteiger partial charge on any atom is -0.508 e. The summed E-state index contributed by atoms with van der Waals surface area (Å²) >= 11 is 1.84. The topological polar surface area (TPSA) is 40.5 Å². The molecule has 27 heavy (non-hydrogen) atoms. The molecule has 2 atom stereocenters. The van der Waals surface area contributed by atoms with Crippen LogP contribution >= 0.6 is 11.8 Å². The van der Waals surface area contributed by atoms with Gasteiger partial charge in [-0.15, -0.1) is 11.8 Å². The van der Waals surface area contributed by atoms with E-state index in [0.717, 1.165) is 5.75 Å². The third kappa shape index (κ3) is 4.63. The van der Waals surface area contributed by atoms with Crippen molar-refractivity contribution in [2.75, 3.05) is 5.75 Å². The van der Waals surface area contributed by atoms with E-state index in [4.69, 9.17) is 0 Å². The number of thioether (sulfide) groups is 1. The van der Waals surface area contributed by atoms with Gasteiger partial charge in [-0.25, -0.2) is 0 Å². The number of unbranched alkanes of at least 4 members (excludes halogenated alkanes) is 5. The van der Waals surface area contributed by atoms with Crippen LogP contribution in [0.2, 0.25) is 0 Å². The summed E-state index contributed by atoms with van der Waals surface area (Å²) in [5, 5.41) is 19.6. The number of aromatic hydroxyl groups is 2. The molecule has 2 N–H and O–H groups in total. The monoisotopic (exact) mass is 384 g/mol. The van der Waals surface area contributed by atoms with Gasteiger partial charge in [0.2, 0.25) is 0 Å². The van der Waals surface area contributed by atoms with Gasteiger partial charge in [0.25, 0.3) is 0 Å². The first kappa shape index (κ1) is 20.1. The molecule has 0 unspecified atom stereocenters. The van der Waals surface area contributed by atoms with Crippen LogP contribution < -0.4 is 0 Å². The minimum absolute atomic E-state index is 0.0335. The maximum absolute atomic E-state index is 9.91. The van der Waals surface area contributed by atoms with Crippen LogP contribution in [0.25, 0.3) is 0 Å². The van der Waals surface area contributed by atoms with Gasteiger partial charge in [-0.3, -0.25) is 0 Å². The highest BCUT2D eigenvalue weighted by atomic mass is 32.2. The molecule has 2 aromatic carbocycles. The average Bonchev–Trinajstić information content (AvgIpc) is 2.66. The fourth-order valence-electron chi connectivity index (χ4n) is 4.34. The Bertz CT molecular complexity index is 741. The summed E-state index contributed by atoms with van der Waals surface area (Å²) in [5.41, 5.74) is 2.70. The van der Waals surface area contributed by atoms with Crippen molar-refractivity contribution < 1.29 is 10.2 Å². The van der Waals surface area contributed by atoms with E-state index in [1.165, 1.54) is 61.0 Å². The fourth-order valence-corrected chi connectivity index (χ4v) is 5.74. The Kier molecular flexibility index (Phi) is 6.75. The van der Waals surface area contributed by atoms with Crippen molar-refractivity contribution in [3.05, 3.63) is 53.6 Å². The molecule has 0 aromatic heterocycles. The molecule has 0 amide bonds. The Balaban J connectivity index is 1.83. The lowest BCUT2D eigenvalue weighted by Crippen LogP contribution is -2.36. The van der Waals surface area contributed by atoms with Gasteiger partial charge in [0.1, 0.15) is 11.5 Å². The molecule has 0 radical (unpaired) electrons. The molecule has 1 heterocycles. The molecule has 3 heteroatoms. The molecule has 0 fully saturated rings. The van der Waals surface area contributed by atoms with Crippen molar-refractivity contribution in [2.45, 2.75) is 75.0 Å². The molecule has 0 aliphatic carbocycles. The van der Waals surface area contributed by atoms with Crippen LogP contribution in [0, 0.1) is 0 Å². The van der Waals surface area contributed by atoms with Crippen molar-refractivity contribution >= 4 is 11.8 Å². The molecule has 1 aliphatic rings. The summed E-state index contributed by atoms with van der Waals surface area (Å²) in [6.45, 7) is 4.62. The van der Waals surface area contributed by atoms with Crippen LogP contribution in [0.1, 0.15) is 75.8 Å². The first-order valence-corrected chi connectivity index (χ1v) is 11.3. The standard InChI is InChI=1S/C24H32O2S/c1-3-4-5-6-7-8-9-22-21-15-14-20(26)16-23(21)27-17-24(22,2)18-10-12-19(25)13-11-18/h10-16,22,25-26H,3-9,17H2,1-2H3/t22-,24-/m1/s1. The number of fused-ring (bicyclic) bond motifs is 1. The SMILES string of the molecule is CCCCCCCC[C@@H]1c2ccc(O)cc2SC[C@]1(C)c1ccc(O)cc1. The number of phenols is 2. The molecule has 0 bridgehead atoms. The summed E-state index contributed by atoms with van der Waals surface area (Å²) in [7, 11) is 0. The molecular formula is C24H32O2S. The largest absolute Gasteiger partial charge is 0.508 e. The van der Waals surface area contributed by atoms with E-state index in [1.54, 1.807) is 12.1 Å². The van der Waals surface area contributed by atoms with Gasteiger partial charge in [-0.05, 0) is 47.7 Å². The smallest absolute Gasteiger partial charge is 0.116 e. The highest BCUT2D eigenvalue weighted by molar-refractivity contribution is 7.99. The Morgan fingerprint density at radius 2 is 1.59 bits per heavy atom. The van der Waals surface area contributed by atoms with Crippen LogP contribution in [0.4, 0.5) is 0 Å². The lowest BCUT2D eigenvalue weighted by atomic mass is 9.68. The van der Waals surface area contributed by atoms with Crippen LogP contribution in [0.15, 0.2) is 47.4 Å². The first-order valence-electron chi connectivity index (χ1n) is 10.3. The fraction of sp³-hybridized carbons (Fsp3) is 0.500. The molecule has 2 nitrogen and oxygen atoms in total. The van der Waals surface area contributed by atoms with Crippen molar-refractivity contribution in [3.63, 3.8) is 0 Å². The van der Waals surface area contributed by atoms with Crippen LogP contribution in [0.5, 0.6) is 11.5 Å². The van der Waals surface area contributed by atoms with Crippen LogP contribution in [-0.2, 0) is 5.41 Å². The normalized spacial score (nSPS) is 21.8. The van der Waals surface area contributed by atoms with E-state index in [-0.39, 0.29) is 5.41 Å². The zero-order valence-electron chi connectivity index (χ0n) is 16.6.